The Morgan fingerprint density at radius 3 is 2.38 bits per heavy atom. The zero-order valence-electron chi connectivity index (χ0n) is 14.5. The van der Waals surface area contributed by atoms with E-state index in [1.165, 1.54) is 0 Å². The van der Waals surface area contributed by atoms with Crippen LogP contribution < -0.4 is 10.5 Å². The van der Waals surface area contributed by atoms with Gasteiger partial charge in [-0.2, -0.15) is 10.4 Å². The number of aromatic nitrogens is 2. The maximum absolute atomic E-state index is 11.3. The van der Waals surface area contributed by atoms with Crippen molar-refractivity contribution in [1.82, 2.24) is 9.78 Å². The van der Waals surface area contributed by atoms with Crippen LogP contribution >= 0.6 is 0 Å². The number of rotatable bonds is 6. The predicted octanol–water partition coefficient (Wildman–Crippen LogP) is 2.77. The predicted molar refractivity (Wildman–Crippen MR) is 90.9 cm³/mol. The molecule has 24 heavy (non-hydrogen) atoms. The third kappa shape index (κ3) is 3.40. The summed E-state index contributed by atoms with van der Waals surface area (Å²) in [7, 11) is 0. The Labute approximate surface area is 141 Å². The second kappa shape index (κ2) is 7.18. The van der Waals surface area contributed by atoms with Gasteiger partial charge in [0.25, 0.3) is 0 Å². The molecule has 0 spiro atoms. The van der Waals surface area contributed by atoms with Gasteiger partial charge in [0.05, 0.1) is 17.3 Å². The van der Waals surface area contributed by atoms with Gasteiger partial charge < -0.3 is 10.5 Å². The maximum atomic E-state index is 11.3. The summed E-state index contributed by atoms with van der Waals surface area (Å²) in [4.78, 5) is 11.3. The van der Waals surface area contributed by atoms with Crippen molar-refractivity contribution in [2.75, 3.05) is 0 Å². The lowest BCUT2D eigenvalue weighted by Crippen LogP contribution is -2.20. The molecule has 1 heterocycles. The van der Waals surface area contributed by atoms with Gasteiger partial charge in [0.2, 0.25) is 5.91 Å². The number of carbonyl (C=O) groups is 1. The van der Waals surface area contributed by atoms with E-state index < -0.39 is 5.91 Å². The highest BCUT2D eigenvalue weighted by Gasteiger charge is 2.19. The summed E-state index contributed by atoms with van der Waals surface area (Å²) < 4.78 is 7.71. The molecule has 1 aromatic heterocycles. The standard InChI is InChI=1S/C18H22N4O2/c1-5-15-18(16(6-2)22(21-15)10-17(20)23)24-13-7-11(3)14(9-19)12(4)8-13/h7-8H,5-6,10H2,1-4H3,(H2,20,23). The number of ether oxygens (including phenoxy) is 1. The first-order chi connectivity index (χ1) is 11.4. The first-order valence-electron chi connectivity index (χ1n) is 7.97. The fraction of sp³-hybridized carbons (Fsp3) is 0.389. The number of nitrogens with two attached hydrogens (primary N) is 1. The van der Waals surface area contributed by atoms with Crippen LogP contribution in [-0.4, -0.2) is 15.7 Å². The van der Waals surface area contributed by atoms with E-state index in [0.29, 0.717) is 29.9 Å². The van der Waals surface area contributed by atoms with E-state index in [2.05, 4.69) is 11.2 Å². The molecule has 0 aliphatic carbocycles. The second-order valence-electron chi connectivity index (χ2n) is 5.70. The summed E-state index contributed by atoms with van der Waals surface area (Å²) in [6.07, 6.45) is 1.35. The maximum Gasteiger partial charge on any atom is 0.239 e. The van der Waals surface area contributed by atoms with E-state index in [0.717, 1.165) is 22.5 Å². The van der Waals surface area contributed by atoms with Crippen LogP contribution in [0.1, 0.15) is 41.9 Å². The molecule has 2 aromatic rings. The molecule has 0 saturated carbocycles. The topological polar surface area (TPSA) is 93.9 Å². The van der Waals surface area contributed by atoms with Gasteiger partial charge in [0.1, 0.15) is 18.0 Å². The Bertz CT molecular complexity index is 792. The number of aryl methyl sites for hydroxylation is 3. The van der Waals surface area contributed by atoms with E-state index in [1.54, 1.807) is 4.68 Å². The first kappa shape index (κ1) is 17.5. The number of amides is 1. The van der Waals surface area contributed by atoms with Crippen molar-refractivity contribution in [3.63, 3.8) is 0 Å². The van der Waals surface area contributed by atoms with Crippen molar-refractivity contribution in [2.24, 2.45) is 5.73 Å². The molecule has 0 saturated heterocycles. The quantitative estimate of drug-likeness (QED) is 0.883. The van der Waals surface area contributed by atoms with Crippen molar-refractivity contribution in [1.29, 1.82) is 5.26 Å². The fourth-order valence-electron chi connectivity index (χ4n) is 2.78. The van der Waals surface area contributed by atoms with Crippen molar-refractivity contribution >= 4 is 5.91 Å². The molecule has 0 atom stereocenters. The molecule has 6 nitrogen and oxygen atoms in total. The van der Waals surface area contributed by atoms with Gasteiger partial charge in [-0.1, -0.05) is 13.8 Å². The Morgan fingerprint density at radius 2 is 1.92 bits per heavy atom. The number of benzene rings is 1. The highest BCUT2D eigenvalue weighted by Crippen LogP contribution is 2.32. The van der Waals surface area contributed by atoms with E-state index in [9.17, 15) is 10.1 Å². The van der Waals surface area contributed by atoms with Crippen LogP contribution in [0.5, 0.6) is 11.5 Å². The first-order valence-corrected chi connectivity index (χ1v) is 7.97. The number of nitriles is 1. The smallest absolute Gasteiger partial charge is 0.239 e. The molecule has 0 aliphatic rings. The van der Waals surface area contributed by atoms with Gasteiger partial charge in [-0.25, -0.2) is 0 Å². The van der Waals surface area contributed by atoms with Crippen LogP contribution in [0.2, 0.25) is 0 Å². The molecule has 1 aromatic carbocycles. The Morgan fingerprint density at radius 1 is 1.29 bits per heavy atom. The van der Waals surface area contributed by atoms with Crippen molar-refractivity contribution in [3.8, 4) is 17.6 Å². The van der Waals surface area contributed by atoms with Gasteiger partial charge >= 0.3 is 0 Å². The van der Waals surface area contributed by atoms with Gasteiger partial charge in [-0.3, -0.25) is 9.48 Å². The largest absolute Gasteiger partial charge is 0.453 e. The normalized spacial score (nSPS) is 10.5. The molecule has 0 fully saturated rings. The van der Waals surface area contributed by atoms with E-state index in [1.807, 2.05) is 39.8 Å². The monoisotopic (exact) mass is 326 g/mol. The lowest BCUT2D eigenvalue weighted by Gasteiger charge is -2.11. The number of carbonyl (C=O) groups excluding carboxylic acids is 1. The number of hydrogen-bond acceptors (Lipinski definition) is 4. The van der Waals surface area contributed by atoms with Crippen LogP contribution in [0.25, 0.3) is 0 Å². The molecule has 0 bridgehead atoms. The Kier molecular flexibility index (Phi) is 5.24. The minimum absolute atomic E-state index is 0.0327. The minimum atomic E-state index is -0.438. The molecular formula is C18H22N4O2. The molecule has 0 aliphatic heterocycles. The highest BCUT2D eigenvalue weighted by atomic mass is 16.5. The second-order valence-corrected chi connectivity index (χ2v) is 5.70. The van der Waals surface area contributed by atoms with Crippen LogP contribution in [0.15, 0.2) is 12.1 Å². The molecule has 0 unspecified atom stereocenters. The van der Waals surface area contributed by atoms with Crippen LogP contribution in [0.3, 0.4) is 0 Å². The summed E-state index contributed by atoms with van der Waals surface area (Å²) in [6, 6.07) is 5.89. The van der Waals surface area contributed by atoms with Crippen LogP contribution in [-0.2, 0) is 24.2 Å². The van der Waals surface area contributed by atoms with Gasteiger partial charge in [-0.05, 0) is 49.9 Å². The molecule has 0 radical (unpaired) electrons. The lowest BCUT2D eigenvalue weighted by atomic mass is 10.0. The number of primary amides is 1. The summed E-state index contributed by atoms with van der Waals surface area (Å²) in [5, 5.41) is 13.6. The summed E-state index contributed by atoms with van der Waals surface area (Å²) in [5.41, 5.74) is 9.33. The van der Waals surface area contributed by atoms with Crippen LogP contribution in [0.4, 0.5) is 0 Å². The summed E-state index contributed by atoms with van der Waals surface area (Å²) in [6.45, 7) is 7.77. The van der Waals surface area contributed by atoms with Gasteiger partial charge in [0.15, 0.2) is 5.75 Å². The molecular weight excluding hydrogens is 304 g/mol. The lowest BCUT2D eigenvalue weighted by molar-refractivity contribution is -0.118. The molecule has 1 amide bonds. The number of hydrogen-bond donors (Lipinski definition) is 1. The van der Waals surface area contributed by atoms with Crippen molar-refractivity contribution in [2.45, 2.75) is 47.1 Å². The van der Waals surface area contributed by atoms with Crippen LogP contribution in [0, 0.1) is 25.2 Å². The molecule has 2 rings (SSSR count). The highest BCUT2D eigenvalue weighted by molar-refractivity contribution is 5.73. The third-order valence-electron chi connectivity index (χ3n) is 3.89. The summed E-state index contributed by atoms with van der Waals surface area (Å²) >= 11 is 0. The molecule has 6 heteroatoms. The van der Waals surface area contributed by atoms with Gasteiger partial charge in [-0.15, -0.1) is 0 Å². The SMILES string of the molecule is CCc1nn(CC(N)=O)c(CC)c1Oc1cc(C)c(C#N)c(C)c1. The fourth-order valence-corrected chi connectivity index (χ4v) is 2.78. The van der Waals surface area contributed by atoms with E-state index in [4.69, 9.17) is 10.5 Å². The van der Waals surface area contributed by atoms with E-state index in [-0.39, 0.29) is 6.54 Å². The van der Waals surface area contributed by atoms with Crippen molar-refractivity contribution in [3.05, 3.63) is 40.2 Å². The Balaban J connectivity index is 2.47. The van der Waals surface area contributed by atoms with Crippen molar-refractivity contribution < 1.29 is 9.53 Å². The van der Waals surface area contributed by atoms with Gasteiger partial charge in [0, 0.05) is 0 Å². The average molecular weight is 326 g/mol. The average Bonchev–Trinajstić information content (AvgIpc) is 2.82. The molecule has 126 valence electrons. The van der Waals surface area contributed by atoms with E-state index >= 15 is 0 Å². The Hall–Kier alpha value is -2.81. The summed E-state index contributed by atoms with van der Waals surface area (Å²) in [5.74, 6) is 0.892. The zero-order valence-corrected chi connectivity index (χ0v) is 14.5. The molecule has 2 N–H and O–H groups in total. The third-order valence-corrected chi connectivity index (χ3v) is 3.89. The minimum Gasteiger partial charge on any atom is -0.453 e. The number of nitrogens with zero attached hydrogens (tertiary/aromatic N) is 3. The zero-order chi connectivity index (χ0) is 17.9.